The molecular formula is C22H23ClFN5O5. The third-order valence-corrected chi connectivity index (χ3v) is 5.32. The molecule has 180 valence electrons. The Bertz CT molecular complexity index is 1220. The topological polar surface area (TPSA) is 140 Å². The number of fused-ring (bicyclic) bond motifs is 1. The zero-order valence-electron chi connectivity index (χ0n) is 18.2. The number of aliphatic hydroxyl groups is 1. The van der Waals surface area contributed by atoms with Crippen LogP contribution < -0.4 is 11.1 Å². The first-order valence-electron chi connectivity index (χ1n) is 10.2. The number of esters is 1. The number of nitrogens with one attached hydrogen (secondary N) is 1. The normalized spacial score (nSPS) is 11.9. The maximum atomic E-state index is 14.1. The summed E-state index contributed by atoms with van der Waals surface area (Å²) >= 11 is 5.76. The third kappa shape index (κ3) is 5.87. The molecule has 0 saturated heterocycles. The number of hydrogen-bond acceptors (Lipinski definition) is 7. The van der Waals surface area contributed by atoms with Crippen LogP contribution >= 0.6 is 11.6 Å². The summed E-state index contributed by atoms with van der Waals surface area (Å²) in [7, 11) is 1.17. The molecule has 0 aliphatic carbocycles. The molecule has 0 aliphatic rings. The lowest BCUT2D eigenvalue weighted by Gasteiger charge is -2.25. The molecule has 12 heteroatoms. The van der Waals surface area contributed by atoms with E-state index in [1.54, 1.807) is 30.3 Å². The van der Waals surface area contributed by atoms with E-state index in [4.69, 9.17) is 17.3 Å². The summed E-state index contributed by atoms with van der Waals surface area (Å²) < 4.78 is 20.0. The Labute approximate surface area is 199 Å². The van der Waals surface area contributed by atoms with Crippen LogP contribution in [0.5, 0.6) is 0 Å². The molecule has 4 N–H and O–H groups in total. The second-order valence-corrected chi connectivity index (χ2v) is 7.75. The van der Waals surface area contributed by atoms with E-state index in [1.165, 1.54) is 23.9 Å². The van der Waals surface area contributed by atoms with Gasteiger partial charge in [0.1, 0.15) is 25.1 Å². The molecule has 1 aromatic heterocycles. The number of ether oxygens (including phenoxy) is 1. The van der Waals surface area contributed by atoms with Gasteiger partial charge < -0.3 is 20.5 Å². The van der Waals surface area contributed by atoms with Crippen LogP contribution in [0.1, 0.15) is 16.1 Å². The minimum absolute atomic E-state index is 0.00756. The molecule has 0 saturated carbocycles. The number of nitrogens with two attached hydrogens (primary N) is 1. The molecule has 3 aromatic rings. The zero-order chi connectivity index (χ0) is 24.8. The highest BCUT2D eigenvalue weighted by Gasteiger charge is 2.23. The molecule has 0 aliphatic heterocycles. The van der Waals surface area contributed by atoms with Gasteiger partial charge in [-0.15, -0.1) is 0 Å². The molecule has 2 aromatic carbocycles. The van der Waals surface area contributed by atoms with Crippen molar-refractivity contribution in [2.45, 2.75) is 19.3 Å². The highest BCUT2D eigenvalue weighted by Crippen LogP contribution is 2.19. The number of halogens is 2. The molecule has 0 fully saturated rings. The second-order valence-electron chi connectivity index (χ2n) is 7.35. The van der Waals surface area contributed by atoms with Crippen LogP contribution in [0.15, 0.2) is 42.5 Å². The summed E-state index contributed by atoms with van der Waals surface area (Å²) in [5.41, 5.74) is 6.11. The molecule has 0 bridgehead atoms. The fraction of sp³-hybridized carbons (Fsp3) is 0.273. The SMILES string of the molecule is COC(=O)CN(CC(O)NCc1cccc(Cl)c1F)C(=O)Cn1nc(C(N)=O)c2ccccc21. The predicted octanol–water partition coefficient (Wildman–Crippen LogP) is 1.04. The highest BCUT2D eigenvalue weighted by atomic mass is 35.5. The average Bonchev–Trinajstić information content (AvgIpc) is 3.18. The molecule has 3 rings (SSSR count). The van der Waals surface area contributed by atoms with Crippen LogP contribution in [-0.2, 0) is 27.4 Å². The van der Waals surface area contributed by atoms with Gasteiger partial charge in [-0.3, -0.25) is 24.4 Å². The van der Waals surface area contributed by atoms with E-state index in [9.17, 15) is 23.9 Å². The molecule has 10 nitrogen and oxygen atoms in total. The van der Waals surface area contributed by atoms with E-state index in [0.717, 1.165) is 4.90 Å². The molecule has 1 heterocycles. The molecule has 0 radical (unpaired) electrons. The van der Waals surface area contributed by atoms with Gasteiger partial charge in [-0.2, -0.15) is 5.10 Å². The first-order valence-corrected chi connectivity index (χ1v) is 10.5. The number of methoxy groups -OCH3 is 1. The minimum atomic E-state index is -1.30. The van der Waals surface area contributed by atoms with Crippen LogP contribution in [0.3, 0.4) is 0 Å². The smallest absolute Gasteiger partial charge is 0.325 e. The number of primary amides is 1. The minimum Gasteiger partial charge on any atom is -0.468 e. The lowest BCUT2D eigenvalue weighted by molar-refractivity contribution is -0.148. The molecule has 34 heavy (non-hydrogen) atoms. The number of carbonyl (C=O) groups is 3. The molecule has 2 amide bonds. The van der Waals surface area contributed by atoms with Gasteiger partial charge in [-0.05, 0) is 12.1 Å². The van der Waals surface area contributed by atoms with Gasteiger partial charge in [0.2, 0.25) is 5.91 Å². The fourth-order valence-electron chi connectivity index (χ4n) is 3.32. The van der Waals surface area contributed by atoms with Crippen LogP contribution in [-0.4, -0.2) is 64.0 Å². The molecule has 0 spiro atoms. The Morgan fingerprint density at radius 2 is 2.00 bits per heavy atom. The highest BCUT2D eigenvalue weighted by molar-refractivity contribution is 6.30. The van der Waals surface area contributed by atoms with Crippen molar-refractivity contribution in [1.29, 1.82) is 0 Å². The number of amides is 2. The molecule has 1 unspecified atom stereocenters. The Kier molecular flexibility index (Phi) is 8.16. The largest absolute Gasteiger partial charge is 0.468 e. The first-order chi connectivity index (χ1) is 16.2. The summed E-state index contributed by atoms with van der Waals surface area (Å²) in [5, 5.41) is 17.6. The summed E-state index contributed by atoms with van der Waals surface area (Å²) in [4.78, 5) is 37.7. The number of benzene rings is 2. The van der Waals surface area contributed by atoms with Gasteiger partial charge in [0.15, 0.2) is 5.69 Å². The van der Waals surface area contributed by atoms with Gasteiger partial charge in [0.25, 0.3) is 5.91 Å². The van der Waals surface area contributed by atoms with E-state index >= 15 is 0 Å². The second kappa shape index (κ2) is 11.1. The number of aromatic nitrogens is 2. The fourth-order valence-corrected chi connectivity index (χ4v) is 3.51. The molecular weight excluding hydrogens is 469 g/mol. The standard InChI is InChI=1S/C22H23ClFN5O5/c1-34-19(32)12-28(10-17(30)26-9-13-5-4-7-15(23)20(13)24)18(31)11-29-16-8-3-2-6-14(16)21(27-29)22(25)33/h2-8,17,26,30H,9-12H2,1H3,(H2,25,33). The van der Waals surface area contributed by atoms with E-state index in [1.807, 2.05) is 0 Å². The van der Waals surface area contributed by atoms with E-state index in [2.05, 4.69) is 15.2 Å². The summed E-state index contributed by atoms with van der Waals surface area (Å²) in [6.45, 7) is -1.15. The number of rotatable bonds is 10. The Hall–Kier alpha value is -3.54. The summed E-state index contributed by atoms with van der Waals surface area (Å²) in [5.74, 6) is -2.65. The molecule has 1 atom stereocenters. The van der Waals surface area contributed by atoms with Gasteiger partial charge >= 0.3 is 5.97 Å². The quantitative estimate of drug-likeness (QED) is 0.284. The van der Waals surface area contributed by atoms with Crippen molar-refractivity contribution in [2.24, 2.45) is 5.73 Å². The monoisotopic (exact) mass is 491 g/mol. The van der Waals surface area contributed by atoms with E-state index in [-0.39, 0.29) is 35.9 Å². The number of para-hydroxylation sites is 1. The van der Waals surface area contributed by atoms with Crippen LogP contribution in [0.2, 0.25) is 5.02 Å². The zero-order valence-corrected chi connectivity index (χ0v) is 19.0. The maximum Gasteiger partial charge on any atom is 0.325 e. The van der Waals surface area contributed by atoms with E-state index in [0.29, 0.717) is 10.9 Å². The number of hydrogen-bond donors (Lipinski definition) is 3. The Balaban J connectivity index is 1.74. The summed E-state index contributed by atoms with van der Waals surface area (Å²) in [6, 6.07) is 11.2. The van der Waals surface area contributed by atoms with Crippen molar-refractivity contribution in [1.82, 2.24) is 20.0 Å². The van der Waals surface area contributed by atoms with Crippen LogP contribution in [0.25, 0.3) is 10.9 Å². The Morgan fingerprint density at radius 3 is 2.71 bits per heavy atom. The van der Waals surface area contributed by atoms with Gasteiger partial charge in [-0.25, -0.2) is 4.39 Å². The first kappa shape index (κ1) is 25.1. The number of aliphatic hydroxyl groups excluding tert-OH is 1. The summed E-state index contributed by atoms with van der Waals surface area (Å²) in [6.07, 6.45) is -1.30. The van der Waals surface area contributed by atoms with Gasteiger partial charge in [0, 0.05) is 17.5 Å². The maximum absolute atomic E-state index is 14.1. The lowest BCUT2D eigenvalue weighted by atomic mass is 10.2. The number of nitrogens with zero attached hydrogens (tertiary/aromatic N) is 3. The van der Waals surface area contributed by atoms with Crippen molar-refractivity contribution in [3.63, 3.8) is 0 Å². The van der Waals surface area contributed by atoms with Gasteiger partial charge in [-0.1, -0.05) is 41.9 Å². The average molecular weight is 492 g/mol. The van der Waals surface area contributed by atoms with Crippen molar-refractivity contribution < 1.29 is 28.6 Å². The van der Waals surface area contributed by atoms with Crippen LogP contribution in [0.4, 0.5) is 4.39 Å². The van der Waals surface area contributed by atoms with Crippen molar-refractivity contribution in [3.8, 4) is 0 Å². The third-order valence-electron chi connectivity index (χ3n) is 5.03. The lowest BCUT2D eigenvalue weighted by Crippen LogP contribution is -2.47. The van der Waals surface area contributed by atoms with Crippen molar-refractivity contribution in [2.75, 3.05) is 20.2 Å². The number of carbonyl (C=O) groups excluding carboxylic acids is 3. The van der Waals surface area contributed by atoms with Crippen molar-refractivity contribution >= 4 is 40.3 Å². The Morgan fingerprint density at radius 1 is 1.26 bits per heavy atom. The predicted molar refractivity (Wildman–Crippen MR) is 121 cm³/mol. The van der Waals surface area contributed by atoms with E-state index < -0.39 is 36.4 Å². The van der Waals surface area contributed by atoms with Crippen LogP contribution in [0, 0.1) is 5.82 Å². The van der Waals surface area contributed by atoms with Crippen molar-refractivity contribution in [3.05, 3.63) is 64.6 Å². The van der Waals surface area contributed by atoms with Gasteiger partial charge in [0.05, 0.1) is 24.2 Å².